The number of aromatic nitrogens is 1. The molecule has 0 bridgehead atoms. The van der Waals surface area contributed by atoms with Gasteiger partial charge in [-0.25, -0.2) is 9.78 Å². The highest BCUT2D eigenvalue weighted by Crippen LogP contribution is 2.35. The maximum absolute atomic E-state index is 11.2. The second kappa shape index (κ2) is 8.12. The van der Waals surface area contributed by atoms with E-state index in [-0.39, 0.29) is 4.88 Å². The lowest BCUT2D eigenvalue weighted by atomic mass is 10.2. The number of likely N-dealkylation sites (N-methyl/N-ethyl adjacent to an activating group) is 1. The molecule has 0 amide bonds. The molecule has 0 radical (unpaired) electrons. The second-order valence-corrected chi connectivity index (χ2v) is 6.48. The third kappa shape index (κ3) is 4.46. The summed E-state index contributed by atoms with van der Waals surface area (Å²) in [7, 11) is 3.97. The standard InChI is InChI=1S/C17H22N2O4S/c1-5-22-14-10-12(6-7-13(14)23-9-8-19(3)4)16-18-11(2)15(24-16)17(20)21/h6-7,10H,5,8-9H2,1-4H3,(H,20,21). The van der Waals surface area contributed by atoms with Crippen LogP contribution in [0.25, 0.3) is 10.6 Å². The van der Waals surface area contributed by atoms with Crippen LogP contribution in [0.5, 0.6) is 11.5 Å². The normalized spacial score (nSPS) is 10.9. The predicted molar refractivity (Wildman–Crippen MR) is 94.5 cm³/mol. The van der Waals surface area contributed by atoms with Crippen LogP contribution in [-0.2, 0) is 0 Å². The minimum atomic E-state index is -0.954. The SMILES string of the molecule is CCOc1cc(-c2nc(C)c(C(=O)O)s2)ccc1OCCN(C)C. The average Bonchev–Trinajstić information content (AvgIpc) is 2.91. The van der Waals surface area contributed by atoms with Crippen molar-refractivity contribution in [2.24, 2.45) is 0 Å². The molecule has 0 aliphatic rings. The number of hydrogen-bond acceptors (Lipinski definition) is 6. The molecule has 130 valence electrons. The maximum atomic E-state index is 11.2. The highest BCUT2D eigenvalue weighted by Gasteiger charge is 2.16. The Balaban J connectivity index is 2.27. The van der Waals surface area contributed by atoms with E-state index in [9.17, 15) is 9.90 Å². The van der Waals surface area contributed by atoms with Gasteiger partial charge in [-0.2, -0.15) is 0 Å². The molecule has 2 aromatic rings. The zero-order valence-electron chi connectivity index (χ0n) is 14.3. The molecule has 7 heteroatoms. The van der Waals surface area contributed by atoms with Gasteiger partial charge in [0.25, 0.3) is 0 Å². The predicted octanol–water partition coefficient (Wildman–Crippen LogP) is 3.16. The molecular formula is C17H22N2O4S. The monoisotopic (exact) mass is 350 g/mol. The van der Waals surface area contributed by atoms with Gasteiger partial charge in [0.15, 0.2) is 11.5 Å². The van der Waals surface area contributed by atoms with Crippen molar-refractivity contribution in [3.63, 3.8) is 0 Å². The van der Waals surface area contributed by atoms with Crippen LogP contribution in [0.15, 0.2) is 18.2 Å². The number of aryl methyl sites for hydroxylation is 1. The highest BCUT2D eigenvalue weighted by atomic mass is 32.1. The largest absolute Gasteiger partial charge is 0.490 e. The van der Waals surface area contributed by atoms with E-state index in [4.69, 9.17) is 9.47 Å². The van der Waals surface area contributed by atoms with Crippen LogP contribution in [0, 0.1) is 6.92 Å². The van der Waals surface area contributed by atoms with Crippen LogP contribution in [0.4, 0.5) is 0 Å². The van der Waals surface area contributed by atoms with Gasteiger partial charge in [-0.15, -0.1) is 11.3 Å². The Morgan fingerprint density at radius 2 is 2.04 bits per heavy atom. The molecule has 0 fully saturated rings. The van der Waals surface area contributed by atoms with Crippen molar-refractivity contribution in [1.82, 2.24) is 9.88 Å². The molecule has 0 aliphatic carbocycles. The molecule has 1 aromatic carbocycles. The fraction of sp³-hybridized carbons (Fsp3) is 0.412. The lowest BCUT2D eigenvalue weighted by molar-refractivity contribution is 0.0701. The number of thiazole rings is 1. The molecule has 0 atom stereocenters. The number of carbonyl (C=O) groups is 1. The summed E-state index contributed by atoms with van der Waals surface area (Å²) < 4.78 is 11.4. The summed E-state index contributed by atoms with van der Waals surface area (Å²) in [4.78, 5) is 17.8. The van der Waals surface area contributed by atoms with Crippen LogP contribution in [0.3, 0.4) is 0 Å². The Morgan fingerprint density at radius 3 is 2.62 bits per heavy atom. The van der Waals surface area contributed by atoms with Crippen molar-refractivity contribution in [2.45, 2.75) is 13.8 Å². The fourth-order valence-corrected chi connectivity index (χ4v) is 2.99. The van der Waals surface area contributed by atoms with Crippen molar-refractivity contribution in [3.8, 4) is 22.1 Å². The molecule has 1 N–H and O–H groups in total. The number of rotatable bonds is 8. The lowest BCUT2D eigenvalue weighted by Gasteiger charge is -2.14. The summed E-state index contributed by atoms with van der Waals surface area (Å²) in [6.45, 7) is 5.50. The van der Waals surface area contributed by atoms with E-state index in [0.717, 1.165) is 23.4 Å². The first-order valence-electron chi connectivity index (χ1n) is 7.67. The third-order valence-corrected chi connectivity index (χ3v) is 4.47. The fourth-order valence-electron chi connectivity index (χ4n) is 2.09. The molecule has 0 unspecified atom stereocenters. The number of ether oxygens (including phenoxy) is 2. The van der Waals surface area contributed by atoms with Crippen LogP contribution in [0.2, 0.25) is 0 Å². The van der Waals surface area contributed by atoms with Crippen molar-refractivity contribution < 1.29 is 19.4 Å². The van der Waals surface area contributed by atoms with E-state index < -0.39 is 5.97 Å². The van der Waals surface area contributed by atoms with Crippen LogP contribution < -0.4 is 9.47 Å². The quantitative estimate of drug-likeness (QED) is 0.788. The number of nitrogens with zero attached hydrogens (tertiary/aromatic N) is 2. The van der Waals surface area contributed by atoms with Crippen molar-refractivity contribution in [3.05, 3.63) is 28.8 Å². The maximum Gasteiger partial charge on any atom is 0.347 e. The topological polar surface area (TPSA) is 71.9 Å². The zero-order chi connectivity index (χ0) is 17.7. The minimum Gasteiger partial charge on any atom is -0.490 e. The Morgan fingerprint density at radius 1 is 1.29 bits per heavy atom. The number of carboxylic acid groups (broad SMARTS) is 1. The van der Waals surface area contributed by atoms with Gasteiger partial charge in [0.05, 0.1) is 12.3 Å². The van der Waals surface area contributed by atoms with Gasteiger partial charge in [-0.1, -0.05) is 0 Å². The van der Waals surface area contributed by atoms with E-state index in [2.05, 4.69) is 4.98 Å². The van der Waals surface area contributed by atoms with Crippen molar-refractivity contribution in [1.29, 1.82) is 0 Å². The molecule has 1 aromatic heterocycles. The van der Waals surface area contributed by atoms with Crippen LogP contribution in [0.1, 0.15) is 22.3 Å². The summed E-state index contributed by atoms with van der Waals surface area (Å²) in [6, 6.07) is 5.56. The summed E-state index contributed by atoms with van der Waals surface area (Å²) in [6.07, 6.45) is 0. The Labute approximate surface area is 145 Å². The van der Waals surface area contributed by atoms with E-state index in [1.807, 2.05) is 44.1 Å². The first-order chi connectivity index (χ1) is 11.4. The molecule has 2 rings (SSSR count). The van der Waals surface area contributed by atoms with Gasteiger partial charge >= 0.3 is 5.97 Å². The molecule has 0 saturated heterocycles. The number of hydrogen-bond donors (Lipinski definition) is 1. The summed E-state index contributed by atoms with van der Waals surface area (Å²) in [5.74, 6) is 0.359. The zero-order valence-corrected chi connectivity index (χ0v) is 15.1. The smallest absolute Gasteiger partial charge is 0.347 e. The Bertz CT molecular complexity index is 713. The number of aromatic carboxylic acids is 1. The van der Waals surface area contributed by atoms with Crippen LogP contribution >= 0.6 is 11.3 Å². The van der Waals surface area contributed by atoms with Gasteiger partial charge in [0.2, 0.25) is 0 Å². The third-order valence-electron chi connectivity index (χ3n) is 3.28. The van der Waals surface area contributed by atoms with Crippen molar-refractivity contribution >= 4 is 17.3 Å². The Hall–Kier alpha value is -2.12. The molecule has 0 saturated carbocycles. The highest BCUT2D eigenvalue weighted by molar-refractivity contribution is 7.17. The Kier molecular flexibility index (Phi) is 6.16. The summed E-state index contributed by atoms with van der Waals surface area (Å²) in [5, 5.41) is 9.83. The molecule has 24 heavy (non-hydrogen) atoms. The van der Waals surface area contributed by atoms with Crippen LogP contribution in [-0.4, -0.2) is 54.8 Å². The first-order valence-corrected chi connectivity index (χ1v) is 8.49. The number of benzene rings is 1. The van der Waals surface area contributed by atoms with Gasteiger partial charge in [-0.05, 0) is 46.1 Å². The molecule has 6 nitrogen and oxygen atoms in total. The minimum absolute atomic E-state index is 0.259. The first kappa shape index (κ1) is 18.2. The number of carboxylic acids is 1. The molecular weight excluding hydrogens is 328 g/mol. The molecule has 0 spiro atoms. The lowest BCUT2D eigenvalue weighted by Crippen LogP contribution is -2.19. The van der Waals surface area contributed by atoms with E-state index >= 15 is 0 Å². The molecule has 1 heterocycles. The van der Waals surface area contributed by atoms with Crippen molar-refractivity contribution in [2.75, 3.05) is 33.9 Å². The summed E-state index contributed by atoms with van der Waals surface area (Å²) in [5.41, 5.74) is 1.34. The van der Waals surface area contributed by atoms with Gasteiger partial charge in [0, 0.05) is 12.1 Å². The van der Waals surface area contributed by atoms with E-state index in [1.165, 1.54) is 0 Å². The molecule has 0 aliphatic heterocycles. The van der Waals surface area contributed by atoms with Gasteiger partial charge in [0.1, 0.15) is 16.5 Å². The van der Waals surface area contributed by atoms with Gasteiger partial charge < -0.3 is 19.5 Å². The summed E-state index contributed by atoms with van der Waals surface area (Å²) >= 11 is 1.16. The van der Waals surface area contributed by atoms with E-state index in [1.54, 1.807) is 6.92 Å². The second-order valence-electron chi connectivity index (χ2n) is 5.48. The van der Waals surface area contributed by atoms with E-state index in [0.29, 0.717) is 35.4 Å². The average molecular weight is 350 g/mol. The van der Waals surface area contributed by atoms with Gasteiger partial charge in [-0.3, -0.25) is 0 Å².